The Hall–Kier alpha value is -2.37. The fourth-order valence-electron chi connectivity index (χ4n) is 2.50. The van der Waals surface area contributed by atoms with Crippen molar-refractivity contribution in [1.82, 2.24) is 24.8 Å². The lowest BCUT2D eigenvalue weighted by Crippen LogP contribution is -2.40. The summed E-state index contributed by atoms with van der Waals surface area (Å²) in [6, 6.07) is 3.62. The molecule has 20 heavy (non-hydrogen) atoms. The highest BCUT2D eigenvalue weighted by molar-refractivity contribution is 5.90. The Balaban J connectivity index is 1.74. The van der Waals surface area contributed by atoms with E-state index < -0.39 is 0 Å². The molecule has 0 saturated carbocycles. The van der Waals surface area contributed by atoms with Gasteiger partial charge >= 0.3 is 0 Å². The van der Waals surface area contributed by atoms with Crippen molar-refractivity contribution in [3.8, 4) is 0 Å². The lowest BCUT2D eigenvalue weighted by atomic mass is 9.94. The van der Waals surface area contributed by atoms with Gasteiger partial charge in [0.05, 0.1) is 0 Å². The van der Waals surface area contributed by atoms with Crippen molar-refractivity contribution in [2.45, 2.75) is 18.8 Å². The number of hydrogen-bond acceptors (Lipinski definition) is 5. The highest BCUT2D eigenvalue weighted by Gasteiger charge is 2.27. The number of nitrogens with zero attached hydrogens (tertiary/aromatic N) is 5. The fraction of sp³-hybridized carbons (Fsp3) is 0.357. The zero-order valence-corrected chi connectivity index (χ0v) is 11.0. The second-order valence-electron chi connectivity index (χ2n) is 4.80. The minimum Gasteiger partial charge on any atom is -0.335 e. The SMILES string of the molecule is O=C(c1ncccn1)N1CCC[C@H](c2ccncn2)C1. The molecule has 3 heterocycles. The van der Waals surface area contributed by atoms with E-state index in [-0.39, 0.29) is 17.6 Å². The predicted octanol–water partition coefficient (Wildman–Crippen LogP) is 1.29. The molecule has 0 aliphatic carbocycles. The molecule has 1 fully saturated rings. The van der Waals surface area contributed by atoms with Gasteiger partial charge in [-0.2, -0.15) is 0 Å². The van der Waals surface area contributed by atoms with Gasteiger partial charge in [-0.1, -0.05) is 0 Å². The van der Waals surface area contributed by atoms with Crippen molar-refractivity contribution in [1.29, 1.82) is 0 Å². The third kappa shape index (κ3) is 2.64. The Labute approximate surface area is 116 Å². The van der Waals surface area contributed by atoms with Gasteiger partial charge in [0.15, 0.2) is 0 Å². The zero-order valence-electron chi connectivity index (χ0n) is 11.0. The van der Waals surface area contributed by atoms with Gasteiger partial charge in [0.25, 0.3) is 5.91 Å². The number of piperidine rings is 1. The molecular weight excluding hydrogens is 254 g/mol. The summed E-state index contributed by atoms with van der Waals surface area (Å²) in [5.74, 6) is 0.416. The third-order valence-corrected chi connectivity index (χ3v) is 3.49. The predicted molar refractivity (Wildman–Crippen MR) is 71.9 cm³/mol. The van der Waals surface area contributed by atoms with Crippen LogP contribution < -0.4 is 0 Å². The van der Waals surface area contributed by atoms with Crippen LogP contribution in [0.3, 0.4) is 0 Å². The summed E-state index contributed by atoms with van der Waals surface area (Å²) in [4.78, 5) is 30.4. The van der Waals surface area contributed by atoms with E-state index in [2.05, 4.69) is 19.9 Å². The Morgan fingerprint density at radius 1 is 1.20 bits per heavy atom. The third-order valence-electron chi connectivity index (χ3n) is 3.49. The monoisotopic (exact) mass is 269 g/mol. The zero-order chi connectivity index (χ0) is 13.8. The number of hydrogen-bond donors (Lipinski definition) is 0. The van der Waals surface area contributed by atoms with Crippen molar-refractivity contribution in [2.75, 3.05) is 13.1 Å². The van der Waals surface area contributed by atoms with Crippen LogP contribution in [0.15, 0.2) is 37.1 Å². The number of amides is 1. The maximum atomic E-state index is 12.3. The number of rotatable bonds is 2. The molecule has 1 atom stereocenters. The van der Waals surface area contributed by atoms with Gasteiger partial charge in [-0.3, -0.25) is 4.79 Å². The maximum Gasteiger partial charge on any atom is 0.291 e. The molecule has 1 aliphatic rings. The van der Waals surface area contributed by atoms with Crippen LogP contribution in [0.2, 0.25) is 0 Å². The van der Waals surface area contributed by atoms with Gasteiger partial charge < -0.3 is 4.90 Å². The molecule has 0 unspecified atom stereocenters. The number of aromatic nitrogens is 4. The van der Waals surface area contributed by atoms with Crippen molar-refractivity contribution in [2.24, 2.45) is 0 Å². The first-order valence-corrected chi connectivity index (χ1v) is 6.67. The molecule has 2 aromatic rings. The summed E-state index contributed by atoms with van der Waals surface area (Å²) in [6.45, 7) is 1.41. The summed E-state index contributed by atoms with van der Waals surface area (Å²) in [5.41, 5.74) is 0.992. The molecule has 6 nitrogen and oxygen atoms in total. The molecule has 6 heteroatoms. The van der Waals surface area contributed by atoms with E-state index in [9.17, 15) is 4.79 Å². The number of carbonyl (C=O) groups excluding carboxylic acids is 1. The van der Waals surface area contributed by atoms with Crippen molar-refractivity contribution in [3.63, 3.8) is 0 Å². The van der Waals surface area contributed by atoms with E-state index in [1.807, 2.05) is 11.0 Å². The second kappa shape index (κ2) is 5.73. The van der Waals surface area contributed by atoms with Gasteiger partial charge in [-0.05, 0) is 25.0 Å². The molecule has 1 amide bonds. The van der Waals surface area contributed by atoms with Gasteiger partial charge in [-0.15, -0.1) is 0 Å². The van der Waals surface area contributed by atoms with Crippen LogP contribution in [0.5, 0.6) is 0 Å². The van der Waals surface area contributed by atoms with Gasteiger partial charge in [0.2, 0.25) is 5.82 Å². The average molecular weight is 269 g/mol. The largest absolute Gasteiger partial charge is 0.335 e. The lowest BCUT2D eigenvalue weighted by Gasteiger charge is -2.31. The van der Waals surface area contributed by atoms with Crippen LogP contribution in [-0.2, 0) is 0 Å². The minimum atomic E-state index is -0.107. The molecule has 0 spiro atoms. The van der Waals surface area contributed by atoms with E-state index in [0.717, 1.165) is 25.1 Å². The Kier molecular flexibility index (Phi) is 3.62. The summed E-state index contributed by atoms with van der Waals surface area (Å²) >= 11 is 0. The molecule has 1 saturated heterocycles. The van der Waals surface area contributed by atoms with Crippen LogP contribution in [0.1, 0.15) is 35.1 Å². The van der Waals surface area contributed by atoms with Crippen LogP contribution in [0, 0.1) is 0 Å². The number of likely N-dealkylation sites (tertiary alicyclic amines) is 1. The van der Waals surface area contributed by atoms with E-state index in [1.165, 1.54) is 0 Å². The van der Waals surface area contributed by atoms with Crippen molar-refractivity contribution in [3.05, 3.63) is 48.6 Å². The quantitative estimate of drug-likeness (QED) is 0.821. The average Bonchev–Trinajstić information content (AvgIpc) is 2.56. The van der Waals surface area contributed by atoms with E-state index in [1.54, 1.807) is 31.0 Å². The van der Waals surface area contributed by atoms with Crippen LogP contribution in [0.4, 0.5) is 0 Å². The topological polar surface area (TPSA) is 71.9 Å². The molecule has 0 radical (unpaired) electrons. The van der Waals surface area contributed by atoms with Crippen LogP contribution in [0.25, 0.3) is 0 Å². The summed E-state index contributed by atoms with van der Waals surface area (Å²) in [5, 5.41) is 0. The molecule has 102 valence electrons. The Bertz CT molecular complexity index is 575. The molecular formula is C14H15N5O. The lowest BCUT2D eigenvalue weighted by molar-refractivity contribution is 0.0693. The molecule has 0 N–H and O–H groups in total. The highest BCUT2D eigenvalue weighted by Crippen LogP contribution is 2.25. The van der Waals surface area contributed by atoms with E-state index >= 15 is 0 Å². The van der Waals surface area contributed by atoms with Gasteiger partial charge in [0.1, 0.15) is 6.33 Å². The summed E-state index contributed by atoms with van der Waals surface area (Å²) < 4.78 is 0. The standard InChI is InChI=1S/C14H15N5O/c20-14(13-16-5-2-6-17-13)19-8-1-3-11(9-19)12-4-7-15-10-18-12/h2,4-7,10-11H,1,3,8-9H2/t11-/m0/s1. The fourth-order valence-corrected chi connectivity index (χ4v) is 2.50. The molecule has 0 bridgehead atoms. The first-order chi connectivity index (χ1) is 9.84. The summed E-state index contributed by atoms with van der Waals surface area (Å²) in [7, 11) is 0. The van der Waals surface area contributed by atoms with Gasteiger partial charge in [0, 0.05) is 43.3 Å². The summed E-state index contributed by atoms with van der Waals surface area (Å²) in [6.07, 6.45) is 8.47. The first-order valence-electron chi connectivity index (χ1n) is 6.67. The normalized spacial score (nSPS) is 18.8. The minimum absolute atomic E-state index is 0.107. The van der Waals surface area contributed by atoms with Crippen molar-refractivity contribution < 1.29 is 4.79 Å². The Morgan fingerprint density at radius 2 is 2.05 bits per heavy atom. The molecule has 0 aromatic carbocycles. The van der Waals surface area contributed by atoms with Gasteiger partial charge in [-0.25, -0.2) is 19.9 Å². The highest BCUT2D eigenvalue weighted by atomic mass is 16.2. The van der Waals surface area contributed by atoms with E-state index in [4.69, 9.17) is 0 Å². The van der Waals surface area contributed by atoms with E-state index in [0.29, 0.717) is 6.54 Å². The molecule has 2 aromatic heterocycles. The Morgan fingerprint density at radius 3 is 2.80 bits per heavy atom. The molecule has 1 aliphatic heterocycles. The smallest absolute Gasteiger partial charge is 0.291 e. The second-order valence-corrected chi connectivity index (χ2v) is 4.80. The number of carbonyl (C=O) groups is 1. The maximum absolute atomic E-state index is 12.3. The first kappa shape index (κ1) is 12.7. The molecule has 3 rings (SSSR count). The van der Waals surface area contributed by atoms with Crippen LogP contribution >= 0.6 is 0 Å². The van der Waals surface area contributed by atoms with Crippen molar-refractivity contribution >= 4 is 5.91 Å². The van der Waals surface area contributed by atoms with Crippen LogP contribution in [-0.4, -0.2) is 43.8 Å².